The second-order valence-electron chi connectivity index (χ2n) is 5.54. The quantitative estimate of drug-likeness (QED) is 0.738. The number of thiophene rings is 1. The lowest BCUT2D eigenvalue weighted by Gasteiger charge is -2.31. The number of amides is 1. The van der Waals surface area contributed by atoms with Crippen molar-refractivity contribution < 1.29 is 22.1 Å². The topological polar surface area (TPSA) is 24.8 Å². The van der Waals surface area contributed by atoms with E-state index < -0.39 is 0 Å². The van der Waals surface area contributed by atoms with Gasteiger partial charge in [0, 0.05) is 0 Å². The van der Waals surface area contributed by atoms with Crippen LogP contribution in [0.25, 0.3) is 6.08 Å². The molecule has 1 aliphatic heterocycles. The first kappa shape index (κ1) is 17.7. The molecule has 5 heteroatoms. The van der Waals surface area contributed by atoms with E-state index in [1.807, 2.05) is 28.5 Å². The van der Waals surface area contributed by atoms with Crippen LogP contribution in [0.1, 0.15) is 15.2 Å². The standard InChI is InChI=1S/C18H20N2OS.ClH/c21-18(17-9-5-15-22-17)20-13-11-19(12-14-20)10-4-8-16-6-2-1-3-7-16;/h1-9,15H,10-14H2;1H/b8-4+;. The Morgan fingerprint density at radius 3 is 2.52 bits per heavy atom. The van der Waals surface area contributed by atoms with Crippen molar-refractivity contribution in [3.63, 3.8) is 0 Å². The number of carbonyl (C=O) groups is 1. The molecule has 1 aromatic heterocycles. The van der Waals surface area contributed by atoms with Gasteiger partial charge in [-0.1, -0.05) is 42.5 Å². The summed E-state index contributed by atoms with van der Waals surface area (Å²) in [4.78, 5) is 16.7. The zero-order valence-corrected chi connectivity index (χ0v) is 14.5. The van der Waals surface area contributed by atoms with E-state index in [1.54, 1.807) is 4.90 Å². The molecule has 0 atom stereocenters. The molecule has 122 valence electrons. The van der Waals surface area contributed by atoms with Crippen molar-refractivity contribution in [2.24, 2.45) is 0 Å². The Bertz CT molecular complexity index is 620. The number of carbonyl (C=O) groups excluding carboxylic acids is 1. The van der Waals surface area contributed by atoms with Crippen molar-refractivity contribution in [1.82, 2.24) is 4.90 Å². The molecule has 0 bridgehead atoms. The van der Waals surface area contributed by atoms with Gasteiger partial charge in [-0.05, 0) is 23.1 Å². The normalized spacial score (nSPS) is 15.6. The molecule has 1 aliphatic rings. The molecule has 3 rings (SSSR count). The van der Waals surface area contributed by atoms with E-state index in [1.165, 1.54) is 16.9 Å². The van der Waals surface area contributed by atoms with Gasteiger partial charge in [-0.25, -0.2) is 0 Å². The average Bonchev–Trinajstić information content (AvgIpc) is 3.10. The fourth-order valence-electron chi connectivity index (χ4n) is 2.71. The van der Waals surface area contributed by atoms with Gasteiger partial charge in [-0.15, -0.1) is 11.3 Å². The lowest BCUT2D eigenvalue weighted by Crippen LogP contribution is -3.14. The molecular weight excluding hydrogens is 328 g/mol. The van der Waals surface area contributed by atoms with Gasteiger partial charge in [0.2, 0.25) is 0 Å². The van der Waals surface area contributed by atoms with Crippen LogP contribution in [-0.2, 0) is 0 Å². The molecule has 1 saturated heterocycles. The minimum atomic E-state index is 0. The monoisotopic (exact) mass is 348 g/mol. The number of hydrogen-bond acceptors (Lipinski definition) is 2. The maximum Gasteiger partial charge on any atom is 0.264 e. The largest absolute Gasteiger partial charge is 1.00 e. The highest BCUT2D eigenvalue weighted by Gasteiger charge is 2.24. The fourth-order valence-corrected chi connectivity index (χ4v) is 3.40. The second-order valence-corrected chi connectivity index (χ2v) is 6.48. The van der Waals surface area contributed by atoms with E-state index in [4.69, 9.17) is 0 Å². The number of hydrogen-bond donors (Lipinski definition) is 1. The zero-order chi connectivity index (χ0) is 15.2. The Balaban J connectivity index is 0.00000192. The molecule has 1 N–H and O–H groups in total. The number of halogens is 1. The van der Waals surface area contributed by atoms with E-state index in [-0.39, 0.29) is 18.3 Å². The smallest absolute Gasteiger partial charge is 0.264 e. The van der Waals surface area contributed by atoms with Crippen molar-refractivity contribution in [2.45, 2.75) is 0 Å². The van der Waals surface area contributed by atoms with Crippen LogP contribution in [0.15, 0.2) is 53.9 Å². The van der Waals surface area contributed by atoms with Crippen LogP contribution in [0.5, 0.6) is 0 Å². The van der Waals surface area contributed by atoms with Gasteiger partial charge < -0.3 is 22.2 Å². The minimum Gasteiger partial charge on any atom is -1.00 e. The van der Waals surface area contributed by atoms with Crippen LogP contribution in [0.4, 0.5) is 0 Å². The molecule has 0 spiro atoms. The van der Waals surface area contributed by atoms with Gasteiger partial charge in [-0.2, -0.15) is 0 Å². The Labute approximate surface area is 147 Å². The maximum atomic E-state index is 12.3. The van der Waals surface area contributed by atoms with Crippen molar-refractivity contribution in [3.8, 4) is 0 Å². The van der Waals surface area contributed by atoms with Crippen LogP contribution in [0, 0.1) is 0 Å². The number of nitrogens with one attached hydrogen (secondary N) is 1. The highest BCUT2D eigenvalue weighted by molar-refractivity contribution is 7.12. The predicted octanol–water partition coefficient (Wildman–Crippen LogP) is -1.19. The molecule has 0 radical (unpaired) electrons. The van der Waals surface area contributed by atoms with Gasteiger partial charge in [0.15, 0.2) is 0 Å². The summed E-state index contributed by atoms with van der Waals surface area (Å²) in [5.41, 5.74) is 1.24. The summed E-state index contributed by atoms with van der Waals surface area (Å²) in [6.45, 7) is 4.78. The van der Waals surface area contributed by atoms with Crippen molar-refractivity contribution in [3.05, 3.63) is 64.4 Å². The summed E-state index contributed by atoms with van der Waals surface area (Å²) in [5, 5.41) is 1.96. The Morgan fingerprint density at radius 2 is 1.87 bits per heavy atom. The molecule has 23 heavy (non-hydrogen) atoms. The highest BCUT2D eigenvalue weighted by Crippen LogP contribution is 2.11. The van der Waals surface area contributed by atoms with Gasteiger partial charge >= 0.3 is 0 Å². The molecule has 2 aromatic rings. The third kappa shape index (κ3) is 4.93. The van der Waals surface area contributed by atoms with Crippen LogP contribution in [-0.4, -0.2) is 43.5 Å². The summed E-state index contributed by atoms with van der Waals surface area (Å²) in [6.07, 6.45) is 4.41. The summed E-state index contributed by atoms with van der Waals surface area (Å²) in [6, 6.07) is 14.2. The van der Waals surface area contributed by atoms with Gasteiger partial charge in [0.25, 0.3) is 5.91 Å². The number of rotatable bonds is 4. The van der Waals surface area contributed by atoms with Crippen molar-refractivity contribution >= 4 is 23.3 Å². The summed E-state index contributed by atoms with van der Waals surface area (Å²) in [5.74, 6) is 0.189. The number of quaternary nitrogens is 1. The van der Waals surface area contributed by atoms with E-state index in [2.05, 4.69) is 36.4 Å². The number of nitrogens with zero attached hydrogens (tertiary/aromatic N) is 1. The van der Waals surface area contributed by atoms with E-state index >= 15 is 0 Å². The fraction of sp³-hybridized carbons (Fsp3) is 0.278. The Kier molecular flexibility index (Phi) is 6.84. The van der Waals surface area contributed by atoms with E-state index in [0.717, 1.165) is 37.6 Å². The molecule has 1 aromatic carbocycles. The first-order valence-electron chi connectivity index (χ1n) is 7.71. The summed E-state index contributed by atoms with van der Waals surface area (Å²) < 4.78 is 0. The first-order valence-corrected chi connectivity index (χ1v) is 8.59. The predicted molar refractivity (Wildman–Crippen MR) is 91.3 cm³/mol. The summed E-state index contributed by atoms with van der Waals surface area (Å²) in [7, 11) is 0. The molecule has 3 nitrogen and oxygen atoms in total. The van der Waals surface area contributed by atoms with Crippen molar-refractivity contribution in [1.29, 1.82) is 0 Å². The van der Waals surface area contributed by atoms with E-state index in [0.29, 0.717) is 0 Å². The third-order valence-corrected chi connectivity index (χ3v) is 4.86. The van der Waals surface area contributed by atoms with Gasteiger partial charge in [0.1, 0.15) is 0 Å². The Hall–Kier alpha value is -1.62. The number of benzene rings is 1. The number of piperazine rings is 1. The maximum absolute atomic E-state index is 12.3. The van der Waals surface area contributed by atoms with Crippen LogP contribution < -0.4 is 17.3 Å². The Morgan fingerprint density at radius 1 is 1.13 bits per heavy atom. The SMILES string of the molecule is O=C(c1cccs1)N1CC[NH+](C/C=C/c2ccccc2)CC1.[Cl-]. The highest BCUT2D eigenvalue weighted by atomic mass is 35.5. The van der Waals surface area contributed by atoms with Crippen LogP contribution in [0.2, 0.25) is 0 Å². The molecule has 1 amide bonds. The van der Waals surface area contributed by atoms with E-state index in [9.17, 15) is 4.79 Å². The molecule has 2 heterocycles. The van der Waals surface area contributed by atoms with Gasteiger partial charge in [-0.3, -0.25) is 4.79 Å². The molecule has 0 unspecified atom stereocenters. The average molecular weight is 349 g/mol. The second kappa shape index (κ2) is 8.87. The zero-order valence-electron chi connectivity index (χ0n) is 13.0. The molecular formula is C18H21ClN2OS. The lowest BCUT2D eigenvalue weighted by atomic mass is 10.2. The van der Waals surface area contributed by atoms with Crippen LogP contribution >= 0.6 is 11.3 Å². The van der Waals surface area contributed by atoms with Crippen LogP contribution in [0.3, 0.4) is 0 Å². The summed E-state index contributed by atoms with van der Waals surface area (Å²) >= 11 is 1.53. The molecule has 0 saturated carbocycles. The van der Waals surface area contributed by atoms with Crippen molar-refractivity contribution in [2.75, 3.05) is 32.7 Å². The minimum absolute atomic E-state index is 0. The third-order valence-electron chi connectivity index (χ3n) is 4.01. The molecule has 0 aliphatic carbocycles. The first-order chi connectivity index (χ1) is 10.8. The lowest BCUT2D eigenvalue weighted by molar-refractivity contribution is -0.898. The van der Waals surface area contributed by atoms with Gasteiger partial charge in [0.05, 0.1) is 37.6 Å². The molecule has 1 fully saturated rings.